The van der Waals surface area contributed by atoms with Crippen LogP contribution in [-0.4, -0.2) is 15.9 Å². The zero-order chi connectivity index (χ0) is 12.3. The van der Waals surface area contributed by atoms with E-state index in [1.54, 1.807) is 12.4 Å². The van der Waals surface area contributed by atoms with E-state index in [1.165, 1.54) is 25.7 Å². The summed E-state index contributed by atoms with van der Waals surface area (Å²) in [6.45, 7) is 2.71. The molecule has 1 rings (SSSR count). The van der Waals surface area contributed by atoms with E-state index in [0.29, 0.717) is 13.0 Å². The third kappa shape index (κ3) is 6.76. The molecular formula is C13H23N3O. The maximum Gasteiger partial charge on any atom is 0.220 e. The van der Waals surface area contributed by atoms with Crippen LogP contribution in [0.3, 0.4) is 0 Å². The molecule has 0 unspecified atom stereocenters. The van der Waals surface area contributed by atoms with E-state index in [9.17, 15) is 4.79 Å². The quantitative estimate of drug-likeness (QED) is 0.649. The number of amides is 1. The molecule has 96 valence electrons. The van der Waals surface area contributed by atoms with Crippen LogP contribution in [0.25, 0.3) is 0 Å². The first kappa shape index (κ1) is 13.7. The van der Waals surface area contributed by atoms with Crippen molar-refractivity contribution in [2.24, 2.45) is 0 Å². The largest absolute Gasteiger partial charge is 0.349 e. The molecule has 1 aromatic heterocycles. The predicted molar refractivity (Wildman–Crippen MR) is 68.4 cm³/mol. The van der Waals surface area contributed by atoms with Crippen LogP contribution in [0.5, 0.6) is 0 Å². The van der Waals surface area contributed by atoms with Gasteiger partial charge in [0.2, 0.25) is 5.91 Å². The smallest absolute Gasteiger partial charge is 0.220 e. The molecular weight excluding hydrogens is 214 g/mol. The Morgan fingerprint density at radius 3 is 2.76 bits per heavy atom. The zero-order valence-corrected chi connectivity index (χ0v) is 10.7. The van der Waals surface area contributed by atoms with Gasteiger partial charge in [-0.2, -0.15) is 0 Å². The van der Waals surface area contributed by atoms with Crippen LogP contribution in [-0.2, 0) is 11.3 Å². The van der Waals surface area contributed by atoms with Gasteiger partial charge in [-0.1, -0.05) is 39.0 Å². The molecule has 4 nitrogen and oxygen atoms in total. The van der Waals surface area contributed by atoms with E-state index in [2.05, 4.69) is 22.2 Å². The Morgan fingerprint density at radius 1 is 1.29 bits per heavy atom. The molecule has 0 spiro atoms. The Labute approximate surface area is 103 Å². The van der Waals surface area contributed by atoms with E-state index < -0.39 is 0 Å². The summed E-state index contributed by atoms with van der Waals surface area (Å²) in [5, 5.41) is 2.85. The number of nitrogens with one attached hydrogen (secondary N) is 2. The normalized spacial score (nSPS) is 10.4. The average Bonchev–Trinajstić information content (AvgIpc) is 2.84. The van der Waals surface area contributed by atoms with Gasteiger partial charge in [0.15, 0.2) is 0 Å². The first-order valence-corrected chi connectivity index (χ1v) is 6.58. The topological polar surface area (TPSA) is 57.8 Å². The van der Waals surface area contributed by atoms with Gasteiger partial charge >= 0.3 is 0 Å². The van der Waals surface area contributed by atoms with Crippen LogP contribution in [0.15, 0.2) is 12.4 Å². The van der Waals surface area contributed by atoms with Crippen molar-refractivity contribution < 1.29 is 4.79 Å². The Kier molecular flexibility index (Phi) is 7.11. The van der Waals surface area contributed by atoms with E-state index in [-0.39, 0.29) is 5.91 Å². The lowest BCUT2D eigenvalue weighted by Gasteiger charge is -2.03. The summed E-state index contributed by atoms with van der Waals surface area (Å²) in [4.78, 5) is 18.5. The number of rotatable bonds is 9. The fourth-order valence-corrected chi connectivity index (χ4v) is 1.73. The molecule has 0 bridgehead atoms. The third-order valence-electron chi connectivity index (χ3n) is 2.77. The van der Waals surface area contributed by atoms with Crippen molar-refractivity contribution in [2.45, 2.75) is 58.4 Å². The van der Waals surface area contributed by atoms with E-state index in [4.69, 9.17) is 0 Å². The van der Waals surface area contributed by atoms with E-state index >= 15 is 0 Å². The molecule has 0 aromatic carbocycles. The summed E-state index contributed by atoms with van der Waals surface area (Å²) in [7, 11) is 0. The zero-order valence-electron chi connectivity index (χ0n) is 10.7. The van der Waals surface area contributed by atoms with Crippen molar-refractivity contribution in [3.8, 4) is 0 Å². The number of aromatic nitrogens is 2. The van der Waals surface area contributed by atoms with Crippen molar-refractivity contribution in [3.63, 3.8) is 0 Å². The second-order valence-corrected chi connectivity index (χ2v) is 4.33. The molecule has 4 heteroatoms. The number of unbranched alkanes of at least 4 members (excludes halogenated alkanes) is 5. The summed E-state index contributed by atoms with van der Waals surface area (Å²) in [6.07, 6.45) is 11.4. The number of carbonyl (C=O) groups excluding carboxylic acids is 1. The highest BCUT2D eigenvalue weighted by atomic mass is 16.1. The Balaban J connectivity index is 1.94. The van der Waals surface area contributed by atoms with Gasteiger partial charge in [-0.15, -0.1) is 0 Å². The number of H-pyrrole nitrogens is 1. The number of hydrogen-bond acceptors (Lipinski definition) is 2. The minimum atomic E-state index is 0.122. The van der Waals surface area contributed by atoms with Gasteiger partial charge in [0, 0.05) is 18.8 Å². The van der Waals surface area contributed by atoms with E-state index in [0.717, 1.165) is 18.7 Å². The molecule has 17 heavy (non-hydrogen) atoms. The van der Waals surface area contributed by atoms with Gasteiger partial charge in [0.05, 0.1) is 6.54 Å². The van der Waals surface area contributed by atoms with Crippen LogP contribution >= 0.6 is 0 Å². The Bertz CT molecular complexity index is 296. The van der Waals surface area contributed by atoms with Crippen molar-refractivity contribution in [2.75, 3.05) is 0 Å². The summed E-state index contributed by atoms with van der Waals surface area (Å²) < 4.78 is 0. The highest BCUT2D eigenvalue weighted by molar-refractivity contribution is 5.75. The highest BCUT2D eigenvalue weighted by Gasteiger charge is 2.01. The van der Waals surface area contributed by atoms with Gasteiger partial charge in [-0.05, 0) is 6.42 Å². The molecule has 1 heterocycles. The SMILES string of the molecule is CCCCCCCCC(=O)NCc1ncc[nH]1. The first-order chi connectivity index (χ1) is 8.33. The van der Waals surface area contributed by atoms with Gasteiger partial charge in [0.1, 0.15) is 5.82 Å². The van der Waals surface area contributed by atoms with Crippen molar-refractivity contribution in [1.82, 2.24) is 15.3 Å². The maximum atomic E-state index is 11.5. The second-order valence-electron chi connectivity index (χ2n) is 4.33. The van der Waals surface area contributed by atoms with Gasteiger partial charge in [0.25, 0.3) is 0 Å². The maximum absolute atomic E-state index is 11.5. The van der Waals surface area contributed by atoms with Crippen LogP contribution in [0.1, 0.15) is 57.7 Å². The lowest BCUT2D eigenvalue weighted by Crippen LogP contribution is -2.22. The number of hydrogen-bond donors (Lipinski definition) is 2. The van der Waals surface area contributed by atoms with Crippen LogP contribution in [0.4, 0.5) is 0 Å². The first-order valence-electron chi connectivity index (χ1n) is 6.58. The van der Waals surface area contributed by atoms with Crippen molar-refractivity contribution in [3.05, 3.63) is 18.2 Å². The lowest BCUT2D eigenvalue weighted by atomic mass is 10.1. The van der Waals surface area contributed by atoms with Crippen LogP contribution in [0, 0.1) is 0 Å². The molecule has 0 atom stereocenters. The number of carbonyl (C=O) groups is 1. The molecule has 0 aliphatic heterocycles. The molecule has 0 radical (unpaired) electrons. The van der Waals surface area contributed by atoms with Crippen molar-refractivity contribution in [1.29, 1.82) is 0 Å². The third-order valence-corrected chi connectivity index (χ3v) is 2.77. The summed E-state index contributed by atoms with van der Waals surface area (Å²) in [5.41, 5.74) is 0. The molecule has 0 saturated carbocycles. The molecule has 0 saturated heterocycles. The highest BCUT2D eigenvalue weighted by Crippen LogP contribution is 2.06. The molecule has 1 amide bonds. The number of imidazole rings is 1. The predicted octanol–water partition coefficient (Wildman–Crippen LogP) is 2.78. The molecule has 2 N–H and O–H groups in total. The summed E-state index contributed by atoms with van der Waals surface area (Å²) >= 11 is 0. The minimum Gasteiger partial charge on any atom is -0.349 e. The standard InChI is InChI=1S/C13H23N3O/c1-2-3-4-5-6-7-8-13(17)16-11-12-14-9-10-15-12/h9-10H,2-8,11H2,1H3,(H,14,15)(H,16,17). The van der Waals surface area contributed by atoms with Crippen LogP contribution < -0.4 is 5.32 Å². The van der Waals surface area contributed by atoms with Crippen LogP contribution in [0.2, 0.25) is 0 Å². The average molecular weight is 237 g/mol. The van der Waals surface area contributed by atoms with Gasteiger partial charge < -0.3 is 10.3 Å². The molecule has 0 aliphatic rings. The van der Waals surface area contributed by atoms with E-state index in [1.807, 2.05) is 0 Å². The number of aromatic amines is 1. The molecule has 1 aromatic rings. The summed E-state index contributed by atoms with van der Waals surface area (Å²) in [6, 6.07) is 0. The van der Waals surface area contributed by atoms with Gasteiger partial charge in [-0.25, -0.2) is 4.98 Å². The van der Waals surface area contributed by atoms with Gasteiger partial charge in [-0.3, -0.25) is 4.79 Å². The molecule has 0 aliphatic carbocycles. The fraction of sp³-hybridized carbons (Fsp3) is 0.692. The Morgan fingerprint density at radius 2 is 2.06 bits per heavy atom. The summed E-state index contributed by atoms with van der Waals surface area (Å²) in [5.74, 6) is 0.929. The monoisotopic (exact) mass is 237 g/mol. The fourth-order valence-electron chi connectivity index (χ4n) is 1.73. The Hall–Kier alpha value is -1.32. The number of nitrogens with zero attached hydrogens (tertiary/aromatic N) is 1. The molecule has 0 fully saturated rings. The lowest BCUT2D eigenvalue weighted by molar-refractivity contribution is -0.121. The second kappa shape index (κ2) is 8.79. The van der Waals surface area contributed by atoms with Crippen molar-refractivity contribution >= 4 is 5.91 Å². The minimum absolute atomic E-state index is 0.122.